The lowest BCUT2D eigenvalue weighted by atomic mass is 10.1. The standard InChI is InChI=1S/C16H21FO4/c1-4-19-12-6-8-14(20-9-12)16(18)21-13-7-5-10(2)11(3)15(13)17/h5,7,12,14H,4,6,8-9H2,1-3H3. The Morgan fingerprint density at radius 2 is 2.14 bits per heavy atom. The summed E-state index contributed by atoms with van der Waals surface area (Å²) in [6, 6.07) is 3.20. The number of aryl methyl sites for hydroxylation is 1. The van der Waals surface area contributed by atoms with Crippen molar-refractivity contribution in [3.8, 4) is 5.75 Å². The van der Waals surface area contributed by atoms with E-state index in [1.165, 1.54) is 6.07 Å². The second-order valence-corrected chi connectivity index (χ2v) is 5.22. The molecule has 2 atom stereocenters. The Hall–Kier alpha value is -1.46. The van der Waals surface area contributed by atoms with E-state index in [1.807, 2.05) is 13.8 Å². The zero-order valence-corrected chi connectivity index (χ0v) is 12.6. The summed E-state index contributed by atoms with van der Waals surface area (Å²) in [4.78, 5) is 12.0. The smallest absolute Gasteiger partial charge is 0.340 e. The molecule has 4 nitrogen and oxygen atoms in total. The fourth-order valence-electron chi connectivity index (χ4n) is 2.29. The molecule has 1 aromatic carbocycles. The fourth-order valence-corrected chi connectivity index (χ4v) is 2.29. The summed E-state index contributed by atoms with van der Waals surface area (Å²) in [5, 5.41) is 0. The third-order valence-corrected chi connectivity index (χ3v) is 3.73. The molecule has 1 fully saturated rings. The van der Waals surface area contributed by atoms with Crippen LogP contribution in [0, 0.1) is 19.7 Å². The van der Waals surface area contributed by atoms with Crippen LogP contribution in [0.1, 0.15) is 30.9 Å². The van der Waals surface area contributed by atoms with Gasteiger partial charge in [-0.3, -0.25) is 0 Å². The van der Waals surface area contributed by atoms with Crippen LogP contribution in [0.25, 0.3) is 0 Å². The van der Waals surface area contributed by atoms with Gasteiger partial charge < -0.3 is 14.2 Å². The van der Waals surface area contributed by atoms with Crippen LogP contribution in [0.4, 0.5) is 4.39 Å². The quantitative estimate of drug-likeness (QED) is 0.633. The monoisotopic (exact) mass is 296 g/mol. The van der Waals surface area contributed by atoms with E-state index in [2.05, 4.69) is 0 Å². The van der Waals surface area contributed by atoms with Crippen LogP contribution in [0.3, 0.4) is 0 Å². The van der Waals surface area contributed by atoms with Gasteiger partial charge in [0, 0.05) is 6.61 Å². The molecule has 0 saturated carbocycles. The summed E-state index contributed by atoms with van der Waals surface area (Å²) < 4.78 is 30.0. The summed E-state index contributed by atoms with van der Waals surface area (Å²) in [6.07, 6.45) is 0.638. The Morgan fingerprint density at radius 3 is 2.76 bits per heavy atom. The molecule has 1 aliphatic rings. The third-order valence-electron chi connectivity index (χ3n) is 3.73. The molecular weight excluding hydrogens is 275 g/mol. The molecule has 0 spiro atoms. The fraction of sp³-hybridized carbons (Fsp3) is 0.562. The largest absolute Gasteiger partial charge is 0.421 e. The van der Waals surface area contributed by atoms with Crippen molar-refractivity contribution in [2.24, 2.45) is 0 Å². The molecule has 1 heterocycles. The molecule has 1 aliphatic heterocycles. The van der Waals surface area contributed by atoms with E-state index in [4.69, 9.17) is 14.2 Å². The maximum atomic E-state index is 14.0. The molecule has 0 N–H and O–H groups in total. The molecule has 0 aliphatic carbocycles. The van der Waals surface area contributed by atoms with Gasteiger partial charge in [-0.1, -0.05) is 6.07 Å². The van der Waals surface area contributed by atoms with Gasteiger partial charge >= 0.3 is 5.97 Å². The highest BCUT2D eigenvalue weighted by Gasteiger charge is 2.29. The molecule has 0 radical (unpaired) electrons. The number of rotatable bonds is 4. The van der Waals surface area contributed by atoms with Gasteiger partial charge in [0.05, 0.1) is 12.7 Å². The number of hydrogen-bond acceptors (Lipinski definition) is 4. The van der Waals surface area contributed by atoms with E-state index < -0.39 is 17.9 Å². The number of hydrogen-bond donors (Lipinski definition) is 0. The highest BCUT2D eigenvalue weighted by atomic mass is 19.1. The topological polar surface area (TPSA) is 44.8 Å². The van der Waals surface area contributed by atoms with Crippen LogP contribution < -0.4 is 4.74 Å². The number of halogens is 1. The zero-order chi connectivity index (χ0) is 15.4. The molecule has 21 heavy (non-hydrogen) atoms. The van der Waals surface area contributed by atoms with Crippen molar-refractivity contribution >= 4 is 5.97 Å². The van der Waals surface area contributed by atoms with Crippen LogP contribution in [0.2, 0.25) is 0 Å². The maximum absolute atomic E-state index is 14.0. The van der Waals surface area contributed by atoms with Crippen LogP contribution in [0.15, 0.2) is 12.1 Å². The van der Waals surface area contributed by atoms with E-state index in [-0.39, 0.29) is 11.9 Å². The second kappa shape index (κ2) is 7.00. The lowest BCUT2D eigenvalue weighted by Gasteiger charge is -2.27. The highest BCUT2D eigenvalue weighted by Crippen LogP contribution is 2.24. The minimum atomic E-state index is -0.650. The average molecular weight is 296 g/mol. The van der Waals surface area contributed by atoms with Gasteiger partial charge in [-0.15, -0.1) is 0 Å². The molecule has 2 rings (SSSR count). The van der Waals surface area contributed by atoms with Crippen LogP contribution in [-0.2, 0) is 14.3 Å². The molecule has 0 bridgehead atoms. The minimum absolute atomic E-state index is 0.0254. The van der Waals surface area contributed by atoms with Crippen molar-refractivity contribution in [3.05, 3.63) is 29.1 Å². The Morgan fingerprint density at radius 1 is 1.38 bits per heavy atom. The highest BCUT2D eigenvalue weighted by molar-refractivity contribution is 5.77. The molecule has 0 amide bonds. The van der Waals surface area contributed by atoms with Crippen molar-refractivity contribution in [2.45, 2.75) is 45.8 Å². The Balaban J connectivity index is 1.95. The second-order valence-electron chi connectivity index (χ2n) is 5.22. The predicted octanol–water partition coefficient (Wildman–Crippen LogP) is 2.93. The van der Waals surface area contributed by atoms with Gasteiger partial charge in [0.1, 0.15) is 0 Å². The van der Waals surface area contributed by atoms with E-state index in [0.29, 0.717) is 25.2 Å². The van der Waals surface area contributed by atoms with Crippen LogP contribution in [0.5, 0.6) is 5.75 Å². The number of carbonyl (C=O) groups is 1. The first-order valence-corrected chi connectivity index (χ1v) is 7.23. The average Bonchev–Trinajstić information content (AvgIpc) is 2.49. The SMILES string of the molecule is CCOC1CCC(C(=O)Oc2ccc(C)c(C)c2F)OC1. The van der Waals surface area contributed by atoms with Gasteiger partial charge in [0.15, 0.2) is 17.7 Å². The van der Waals surface area contributed by atoms with Crippen molar-refractivity contribution in [3.63, 3.8) is 0 Å². The lowest BCUT2D eigenvalue weighted by Crippen LogP contribution is -2.38. The van der Waals surface area contributed by atoms with Gasteiger partial charge in [-0.05, 0) is 50.8 Å². The summed E-state index contributed by atoms with van der Waals surface area (Å²) in [5.74, 6) is -1.09. The van der Waals surface area contributed by atoms with Gasteiger partial charge in [0.2, 0.25) is 0 Å². The first kappa shape index (κ1) is 15.9. The summed E-state index contributed by atoms with van der Waals surface area (Å²) in [6.45, 7) is 6.37. The number of ether oxygens (including phenoxy) is 3. The number of benzene rings is 1. The summed E-state index contributed by atoms with van der Waals surface area (Å²) in [5.41, 5.74) is 1.31. The number of carbonyl (C=O) groups excluding carboxylic acids is 1. The van der Waals surface area contributed by atoms with E-state index in [1.54, 1.807) is 13.0 Å². The normalized spacial score (nSPS) is 22.1. The van der Waals surface area contributed by atoms with Crippen molar-refractivity contribution in [2.75, 3.05) is 13.2 Å². The predicted molar refractivity (Wildman–Crippen MR) is 75.9 cm³/mol. The molecule has 2 unspecified atom stereocenters. The van der Waals surface area contributed by atoms with Crippen molar-refractivity contribution in [1.82, 2.24) is 0 Å². The van der Waals surface area contributed by atoms with Gasteiger partial charge in [0.25, 0.3) is 0 Å². The van der Waals surface area contributed by atoms with E-state index in [9.17, 15) is 9.18 Å². The molecule has 116 valence electrons. The van der Waals surface area contributed by atoms with Gasteiger partial charge in [-0.2, -0.15) is 0 Å². The lowest BCUT2D eigenvalue weighted by molar-refractivity contribution is -0.157. The van der Waals surface area contributed by atoms with E-state index in [0.717, 1.165) is 12.0 Å². The Bertz CT molecular complexity index is 507. The minimum Gasteiger partial charge on any atom is -0.421 e. The van der Waals surface area contributed by atoms with Crippen molar-refractivity contribution < 1.29 is 23.4 Å². The molecule has 5 heteroatoms. The van der Waals surface area contributed by atoms with Crippen LogP contribution in [-0.4, -0.2) is 31.4 Å². The van der Waals surface area contributed by atoms with Crippen LogP contribution >= 0.6 is 0 Å². The Kier molecular flexibility index (Phi) is 5.31. The molecular formula is C16H21FO4. The van der Waals surface area contributed by atoms with Crippen molar-refractivity contribution in [1.29, 1.82) is 0 Å². The zero-order valence-electron chi connectivity index (χ0n) is 12.6. The summed E-state index contributed by atoms with van der Waals surface area (Å²) in [7, 11) is 0. The molecule has 1 aromatic rings. The molecule has 1 saturated heterocycles. The van der Waals surface area contributed by atoms with Gasteiger partial charge in [-0.25, -0.2) is 9.18 Å². The van der Waals surface area contributed by atoms with E-state index >= 15 is 0 Å². The maximum Gasteiger partial charge on any atom is 0.340 e. The Labute approximate surface area is 124 Å². The number of esters is 1. The summed E-state index contributed by atoms with van der Waals surface area (Å²) >= 11 is 0. The first-order valence-electron chi connectivity index (χ1n) is 7.23. The molecule has 0 aromatic heterocycles. The third kappa shape index (κ3) is 3.80. The first-order chi connectivity index (χ1) is 10.0.